The lowest BCUT2D eigenvalue weighted by molar-refractivity contribution is 0.228. The second-order valence-electron chi connectivity index (χ2n) is 7.93. The number of aromatic hydroxyl groups is 2. The molecule has 1 unspecified atom stereocenters. The van der Waals surface area contributed by atoms with Crippen molar-refractivity contribution in [2.45, 2.75) is 11.3 Å². The van der Waals surface area contributed by atoms with Crippen molar-refractivity contribution in [1.29, 1.82) is 0 Å². The predicted molar refractivity (Wildman–Crippen MR) is 135 cm³/mol. The van der Waals surface area contributed by atoms with Crippen molar-refractivity contribution >= 4 is 11.8 Å². The molecule has 1 atom stereocenters. The van der Waals surface area contributed by atoms with Crippen LogP contribution in [0.15, 0.2) is 83.8 Å². The van der Waals surface area contributed by atoms with E-state index >= 15 is 0 Å². The molecule has 0 radical (unpaired) electrons. The first-order chi connectivity index (χ1) is 16.6. The Balaban J connectivity index is 0.000000155. The number of hydrogen-bond acceptors (Lipinski definition) is 6. The van der Waals surface area contributed by atoms with Crippen LogP contribution in [0.1, 0.15) is 6.42 Å². The molecular formula is C27H32FNO4S. The van der Waals surface area contributed by atoms with Crippen molar-refractivity contribution < 1.29 is 24.1 Å². The minimum absolute atomic E-state index is 0.184. The number of phenols is 2. The number of rotatable bonds is 5. The summed E-state index contributed by atoms with van der Waals surface area (Å²) < 4.78 is 23.3. The van der Waals surface area contributed by atoms with Gasteiger partial charge in [-0.2, -0.15) is 0 Å². The lowest BCUT2D eigenvalue weighted by atomic mass is 10.1. The zero-order chi connectivity index (χ0) is 24.0. The summed E-state index contributed by atoms with van der Waals surface area (Å²) in [4.78, 5) is 3.31. The van der Waals surface area contributed by atoms with Gasteiger partial charge in [-0.3, -0.25) is 9.29 Å². The van der Waals surface area contributed by atoms with Crippen molar-refractivity contribution in [3.8, 4) is 23.0 Å². The average Bonchev–Trinajstić information content (AvgIpc) is 3.34. The summed E-state index contributed by atoms with van der Waals surface area (Å²) in [6, 6.07) is 23.7. The number of alkyl halides is 1. The summed E-state index contributed by atoms with van der Waals surface area (Å²) in [6.45, 7) is 4.05. The maximum Gasteiger partial charge on any atom is 0.133 e. The first-order valence-corrected chi connectivity index (χ1v) is 12.4. The van der Waals surface area contributed by atoms with Gasteiger partial charge in [-0.05, 0) is 55.4 Å². The highest BCUT2D eigenvalue weighted by molar-refractivity contribution is 7.99. The maximum absolute atomic E-state index is 12.4. The number of hydrogen-bond donors (Lipinski definition) is 2. The van der Waals surface area contributed by atoms with Crippen LogP contribution in [0.25, 0.3) is 0 Å². The summed E-state index contributed by atoms with van der Waals surface area (Å²) >= 11 is 1.72. The molecule has 5 nitrogen and oxygen atoms in total. The van der Waals surface area contributed by atoms with E-state index in [-0.39, 0.29) is 12.6 Å². The summed E-state index contributed by atoms with van der Waals surface area (Å²) in [6.07, 6.45) is 0.988. The maximum atomic E-state index is 12.4. The van der Waals surface area contributed by atoms with Gasteiger partial charge in [-0.25, -0.2) is 0 Å². The van der Waals surface area contributed by atoms with Gasteiger partial charge in [-0.1, -0.05) is 36.4 Å². The molecule has 182 valence electrons. The molecule has 3 aromatic rings. The molecule has 3 aromatic carbocycles. The molecule has 1 fully saturated rings. The highest BCUT2D eigenvalue weighted by Crippen LogP contribution is 2.35. The normalized spacial score (nSPS) is 16.7. The van der Waals surface area contributed by atoms with Gasteiger partial charge in [0.2, 0.25) is 0 Å². The van der Waals surface area contributed by atoms with E-state index in [1.54, 1.807) is 54.2 Å². The highest BCUT2D eigenvalue weighted by Gasteiger charge is 2.21. The second kappa shape index (κ2) is 14.4. The van der Waals surface area contributed by atoms with Gasteiger partial charge in [0, 0.05) is 24.8 Å². The number of phenolic OH excluding ortho intramolecular Hbond substituents is 2. The molecule has 5 rings (SSSR count). The number of fused-ring (bicyclic) bond motifs is 1. The van der Waals surface area contributed by atoms with Gasteiger partial charge in [0.05, 0.1) is 18.2 Å². The molecule has 0 spiro atoms. The molecule has 34 heavy (non-hydrogen) atoms. The molecular weight excluding hydrogens is 453 g/mol. The Kier molecular flexibility index (Phi) is 10.9. The zero-order valence-electron chi connectivity index (χ0n) is 19.2. The van der Waals surface area contributed by atoms with E-state index < -0.39 is 0 Å². The van der Waals surface area contributed by atoms with E-state index in [0.29, 0.717) is 18.1 Å². The minimum atomic E-state index is -0.184. The first kappa shape index (κ1) is 25.7. The van der Waals surface area contributed by atoms with Gasteiger partial charge in [0.25, 0.3) is 0 Å². The van der Waals surface area contributed by atoms with Crippen LogP contribution in [0.3, 0.4) is 0 Å². The molecule has 0 amide bonds. The minimum Gasteiger partial charge on any atom is -0.508 e. The van der Waals surface area contributed by atoms with Crippen LogP contribution in [-0.4, -0.2) is 60.4 Å². The van der Waals surface area contributed by atoms with Crippen LogP contribution in [0.5, 0.6) is 23.0 Å². The van der Waals surface area contributed by atoms with Crippen LogP contribution in [0, 0.1) is 5.92 Å². The summed E-state index contributed by atoms with van der Waals surface area (Å²) in [5, 5.41) is 17.8. The van der Waals surface area contributed by atoms with E-state index in [1.807, 2.05) is 36.4 Å². The Labute approximate surface area is 205 Å². The van der Waals surface area contributed by atoms with E-state index in [4.69, 9.17) is 19.7 Å². The van der Waals surface area contributed by atoms with Crippen LogP contribution < -0.4 is 9.47 Å². The standard InChI is InChI=1S/C13H18FNO.C8H8O2S.C6H6O/c14-10-12-6-7-15(11-12)8-9-16-13-4-2-1-3-5-13;9-6-1-2-7-8(5-6)11-4-3-10-7;7-6-4-2-1-3-5-6/h1-5,12H,6-11H2;1-2,5,9H,3-4H2;1-5,7H. The summed E-state index contributed by atoms with van der Waals surface area (Å²) in [5.74, 6) is 3.64. The van der Waals surface area contributed by atoms with Crippen molar-refractivity contribution in [2.24, 2.45) is 5.92 Å². The fraction of sp³-hybridized carbons (Fsp3) is 0.333. The lowest BCUT2D eigenvalue weighted by Gasteiger charge is -2.15. The Morgan fingerprint density at radius 3 is 2.35 bits per heavy atom. The molecule has 2 N–H and O–H groups in total. The monoisotopic (exact) mass is 485 g/mol. The molecule has 0 aromatic heterocycles. The van der Waals surface area contributed by atoms with Crippen molar-refractivity contribution in [3.63, 3.8) is 0 Å². The number of benzene rings is 3. The smallest absolute Gasteiger partial charge is 0.133 e. The predicted octanol–water partition coefficient (Wildman–Crippen LogP) is 5.63. The van der Waals surface area contributed by atoms with E-state index in [2.05, 4.69) is 4.90 Å². The average molecular weight is 486 g/mol. The Morgan fingerprint density at radius 1 is 0.971 bits per heavy atom. The SMILES string of the molecule is FCC1CCN(CCOc2ccccc2)C1.Oc1ccc2c(c1)SCCO2.Oc1ccccc1. The fourth-order valence-corrected chi connectivity index (χ4v) is 4.37. The van der Waals surface area contributed by atoms with Gasteiger partial charge in [-0.15, -0.1) is 11.8 Å². The fourth-order valence-electron chi connectivity index (χ4n) is 3.51. The number of halogens is 1. The molecule has 2 heterocycles. The van der Waals surface area contributed by atoms with Crippen molar-refractivity contribution in [2.75, 3.05) is 45.3 Å². The van der Waals surface area contributed by atoms with E-state index in [9.17, 15) is 4.39 Å². The third kappa shape index (κ3) is 9.15. The summed E-state index contributed by atoms with van der Waals surface area (Å²) in [5.41, 5.74) is 0. The number of likely N-dealkylation sites (tertiary alicyclic amines) is 1. The number of thioether (sulfide) groups is 1. The van der Waals surface area contributed by atoms with Crippen molar-refractivity contribution in [3.05, 3.63) is 78.9 Å². The van der Waals surface area contributed by atoms with E-state index in [1.165, 1.54) is 0 Å². The molecule has 2 aliphatic heterocycles. The quantitative estimate of drug-likeness (QED) is 0.489. The number of nitrogens with zero attached hydrogens (tertiary/aromatic N) is 1. The molecule has 0 bridgehead atoms. The van der Waals surface area contributed by atoms with Gasteiger partial charge < -0.3 is 19.7 Å². The molecule has 0 aliphatic carbocycles. The third-order valence-corrected chi connectivity index (χ3v) is 6.29. The summed E-state index contributed by atoms with van der Waals surface area (Å²) in [7, 11) is 0. The van der Waals surface area contributed by atoms with Crippen molar-refractivity contribution in [1.82, 2.24) is 4.90 Å². The topological polar surface area (TPSA) is 62.2 Å². The molecule has 1 saturated heterocycles. The van der Waals surface area contributed by atoms with Crippen LogP contribution in [0.4, 0.5) is 4.39 Å². The van der Waals surface area contributed by atoms with Crippen LogP contribution >= 0.6 is 11.8 Å². The third-order valence-electron chi connectivity index (χ3n) is 5.29. The van der Waals surface area contributed by atoms with Gasteiger partial charge in [0.15, 0.2) is 0 Å². The Morgan fingerprint density at radius 2 is 1.71 bits per heavy atom. The largest absolute Gasteiger partial charge is 0.508 e. The zero-order valence-corrected chi connectivity index (χ0v) is 20.0. The number of para-hydroxylation sites is 2. The van der Waals surface area contributed by atoms with Crippen LogP contribution in [-0.2, 0) is 0 Å². The Hall–Kier alpha value is -2.90. The first-order valence-electron chi connectivity index (χ1n) is 11.4. The molecule has 2 aliphatic rings. The van der Waals surface area contributed by atoms with Crippen LogP contribution in [0.2, 0.25) is 0 Å². The van der Waals surface area contributed by atoms with Gasteiger partial charge >= 0.3 is 0 Å². The lowest BCUT2D eigenvalue weighted by Crippen LogP contribution is -2.26. The number of ether oxygens (including phenoxy) is 2. The molecule has 7 heteroatoms. The van der Waals surface area contributed by atoms with Gasteiger partial charge in [0.1, 0.15) is 29.6 Å². The van der Waals surface area contributed by atoms with E-state index in [0.717, 1.165) is 54.8 Å². The second-order valence-corrected chi connectivity index (χ2v) is 9.07. The molecule has 0 saturated carbocycles. The highest BCUT2D eigenvalue weighted by atomic mass is 32.2. The Bertz CT molecular complexity index is 961.